The summed E-state index contributed by atoms with van der Waals surface area (Å²) in [5, 5.41) is -7.09. The molecule has 0 bridgehead atoms. The zero-order valence-electron chi connectivity index (χ0n) is 17.4. The van der Waals surface area contributed by atoms with Crippen LogP contribution in [-0.2, 0) is 4.79 Å². The van der Waals surface area contributed by atoms with Crippen molar-refractivity contribution in [2.24, 2.45) is 0 Å². The molecular weight excluding hydrogens is 620 g/mol. The van der Waals surface area contributed by atoms with E-state index in [1.165, 1.54) is 25.1 Å². The van der Waals surface area contributed by atoms with Crippen molar-refractivity contribution in [1.29, 1.82) is 0 Å². The van der Waals surface area contributed by atoms with Crippen LogP contribution in [0.3, 0.4) is 0 Å². The SMILES string of the molecule is Cc1ccc2nc(NC(=O)C(F)(F)C(F)(F)C(F)(F)C(F)(F)C(F)(F)C(F)(F)C(F)(F)C(F)(F)Cl)sc2c1. The maximum absolute atomic E-state index is 14.0. The second-order valence-electron chi connectivity index (χ2n) is 7.46. The van der Waals surface area contributed by atoms with Gasteiger partial charge in [0.1, 0.15) is 0 Å². The minimum absolute atomic E-state index is 0.0751. The number of alkyl halides is 17. The van der Waals surface area contributed by atoms with Gasteiger partial charge in [-0.25, -0.2) is 4.98 Å². The van der Waals surface area contributed by atoms with E-state index in [0.717, 1.165) is 5.32 Å². The molecule has 0 fully saturated rings. The third-order valence-corrected chi connectivity index (χ3v) is 5.94. The van der Waals surface area contributed by atoms with Crippen molar-refractivity contribution in [1.82, 2.24) is 4.98 Å². The first-order valence-electron chi connectivity index (χ1n) is 9.01. The minimum Gasteiger partial charge on any atom is -0.296 e. The van der Waals surface area contributed by atoms with Crippen LogP contribution in [0, 0.1) is 6.92 Å². The molecule has 0 aliphatic heterocycles. The summed E-state index contributed by atoms with van der Waals surface area (Å²) >= 11 is 3.69. The fourth-order valence-corrected chi connectivity index (χ4v) is 3.65. The van der Waals surface area contributed by atoms with Gasteiger partial charge in [0.05, 0.1) is 10.2 Å². The summed E-state index contributed by atoms with van der Waals surface area (Å²) in [6.45, 7) is 1.50. The number of hydrogen-bond donors (Lipinski definition) is 1. The van der Waals surface area contributed by atoms with E-state index >= 15 is 0 Å². The molecule has 1 amide bonds. The van der Waals surface area contributed by atoms with Gasteiger partial charge in [-0.05, 0) is 36.2 Å². The number of carbonyl (C=O) groups is 1. The molecule has 3 nitrogen and oxygen atoms in total. The van der Waals surface area contributed by atoms with E-state index in [9.17, 15) is 75.0 Å². The van der Waals surface area contributed by atoms with Gasteiger partial charge in [0.15, 0.2) is 5.13 Å². The second kappa shape index (κ2) is 8.88. The highest BCUT2D eigenvalue weighted by Gasteiger charge is 2.95. The van der Waals surface area contributed by atoms with Gasteiger partial charge < -0.3 is 0 Å². The number of amides is 1. The number of nitrogens with one attached hydrogen (secondary N) is 1. The Morgan fingerprint density at radius 3 is 1.61 bits per heavy atom. The molecule has 2 aromatic rings. The first-order valence-corrected chi connectivity index (χ1v) is 10.2. The van der Waals surface area contributed by atoms with Crippen LogP contribution < -0.4 is 5.32 Å². The van der Waals surface area contributed by atoms with Crippen LogP contribution in [0.2, 0.25) is 0 Å². The van der Waals surface area contributed by atoms with Crippen molar-refractivity contribution in [2.45, 2.75) is 53.8 Å². The molecule has 0 saturated carbocycles. The number of aryl methyl sites for hydroxylation is 1. The molecule has 2 rings (SSSR count). The highest BCUT2D eigenvalue weighted by molar-refractivity contribution is 7.22. The van der Waals surface area contributed by atoms with Crippen LogP contribution in [0.25, 0.3) is 10.2 Å². The van der Waals surface area contributed by atoms with Gasteiger partial charge in [-0.2, -0.15) is 70.2 Å². The number of halogens is 17. The first-order chi connectivity index (χ1) is 16.6. The number of thiazole rings is 1. The summed E-state index contributed by atoms with van der Waals surface area (Å²) in [6.07, 6.45) is 0. The molecule has 1 aromatic carbocycles. The Labute approximate surface area is 207 Å². The number of rotatable bonds is 9. The first kappa shape index (κ1) is 32.0. The molecular formula is C17H7ClF16N2OS. The van der Waals surface area contributed by atoms with Crippen molar-refractivity contribution in [3.8, 4) is 0 Å². The van der Waals surface area contributed by atoms with E-state index in [1.54, 1.807) is 0 Å². The summed E-state index contributed by atoms with van der Waals surface area (Å²) in [6, 6.07) is 3.87. The standard InChI is InChI=1S/C17H7ClF16N2OS/c1-5-2-3-6-7(4-5)38-9(35-6)36-8(37)10(19,20)11(21,22)12(23,24)13(25,26)14(27,28)15(29,30)16(31,32)17(18,33)34/h2-4H,1H3,(H,35,36,37). The van der Waals surface area contributed by atoms with E-state index in [-0.39, 0.29) is 21.6 Å². The smallest absolute Gasteiger partial charge is 0.296 e. The van der Waals surface area contributed by atoms with Crippen molar-refractivity contribution >= 4 is 44.2 Å². The maximum Gasteiger partial charge on any atom is 0.393 e. The van der Waals surface area contributed by atoms with Gasteiger partial charge in [-0.15, -0.1) is 0 Å². The summed E-state index contributed by atoms with van der Waals surface area (Å²) in [7, 11) is 0. The molecule has 216 valence electrons. The molecule has 0 unspecified atom stereocenters. The molecule has 38 heavy (non-hydrogen) atoms. The molecule has 0 aliphatic rings. The van der Waals surface area contributed by atoms with E-state index < -0.39 is 57.9 Å². The third-order valence-electron chi connectivity index (χ3n) is 4.77. The van der Waals surface area contributed by atoms with Gasteiger partial charge in [0.25, 0.3) is 0 Å². The predicted molar refractivity (Wildman–Crippen MR) is 98.4 cm³/mol. The van der Waals surface area contributed by atoms with Crippen LogP contribution in [0.15, 0.2) is 18.2 Å². The number of benzene rings is 1. The quantitative estimate of drug-likeness (QED) is 0.228. The highest BCUT2D eigenvalue weighted by Crippen LogP contribution is 2.64. The number of fused-ring (bicyclic) bond motifs is 1. The molecule has 0 saturated heterocycles. The summed E-state index contributed by atoms with van der Waals surface area (Å²) in [4.78, 5) is 15.0. The zero-order chi connectivity index (χ0) is 30.1. The fraction of sp³-hybridized carbons (Fsp3) is 0.529. The zero-order valence-corrected chi connectivity index (χ0v) is 19.0. The largest absolute Gasteiger partial charge is 0.393 e. The normalized spacial score (nSPS) is 15.2. The molecule has 0 atom stereocenters. The van der Waals surface area contributed by atoms with E-state index in [4.69, 9.17) is 0 Å². The molecule has 1 N–H and O–H groups in total. The molecule has 21 heteroatoms. The van der Waals surface area contributed by atoms with Crippen LogP contribution in [0.4, 0.5) is 75.4 Å². The third kappa shape index (κ3) is 4.30. The Morgan fingerprint density at radius 2 is 1.16 bits per heavy atom. The van der Waals surface area contributed by atoms with Crippen molar-refractivity contribution in [2.75, 3.05) is 5.32 Å². The Kier molecular flexibility index (Phi) is 7.47. The number of hydrogen-bond acceptors (Lipinski definition) is 3. The van der Waals surface area contributed by atoms with Crippen LogP contribution in [0.1, 0.15) is 5.56 Å². The molecule has 0 spiro atoms. The average molecular weight is 627 g/mol. The van der Waals surface area contributed by atoms with Gasteiger partial charge in [0, 0.05) is 0 Å². The van der Waals surface area contributed by atoms with Crippen LogP contribution in [0.5, 0.6) is 0 Å². The minimum atomic E-state index is -8.64. The highest BCUT2D eigenvalue weighted by atomic mass is 35.5. The van der Waals surface area contributed by atoms with E-state index in [0.29, 0.717) is 5.56 Å². The molecule has 1 aromatic heterocycles. The summed E-state index contributed by atoms with van der Waals surface area (Å²) in [5.41, 5.74) is 0.412. The van der Waals surface area contributed by atoms with Gasteiger partial charge in [0.2, 0.25) is 0 Å². The van der Waals surface area contributed by atoms with Gasteiger partial charge in [-0.3, -0.25) is 10.1 Å². The molecule has 0 aliphatic carbocycles. The summed E-state index contributed by atoms with van der Waals surface area (Å²) in [5.74, 6) is -60.7. The van der Waals surface area contributed by atoms with Crippen LogP contribution >= 0.6 is 22.9 Å². The van der Waals surface area contributed by atoms with Crippen molar-refractivity contribution < 1.29 is 75.0 Å². The Hall–Kier alpha value is -2.25. The van der Waals surface area contributed by atoms with Crippen molar-refractivity contribution in [3.05, 3.63) is 23.8 Å². The van der Waals surface area contributed by atoms with E-state index in [1.807, 2.05) is 0 Å². The number of carbonyl (C=O) groups excluding carboxylic acids is 1. The van der Waals surface area contributed by atoms with Gasteiger partial charge >= 0.3 is 52.7 Å². The number of anilines is 1. The lowest BCUT2D eigenvalue weighted by molar-refractivity contribution is -0.445. The Morgan fingerprint density at radius 1 is 0.737 bits per heavy atom. The Bertz CT molecular complexity index is 1220. The molecule has 1 heterocycles. The monoisotopic (exact) mass is 626 g/mol. The number of aromatic nitrogens is 1. The number of nitrogens with zero attached hydrogens (tertiary/aromatic N) is 1. The second-order valence-corrected chi connectivity index (χ2v) is 8.97. The lowest BCUT2D eigenvalue weighted by Crippen LogP contribution is -2.75. The van der Waals surface area contributed by atoms with Gasteiger partial charge in [-0.1, -0.05) is 17.4 Å². The molecule has 0 radical (unpaired) electrons. The van der Waals surface area contributed by atoms with Crippen molar-refractivity contribution in [3.63, 3.8) is 0 Å². The maximum atomic E-state index is 14.0. The lowest BCUT2D eigenvalue weighted by atomic mass is 9.89. The summed E-state index contributed by atoms with van der Waals surface area (Å²) < 4.78 is 216. The topological polar surface area (TPSA) is 42.0 Å². The fourth-order valence-electron chi connectivity index (χ4n) is 2.57. The van der Waals surface area contributed by atoms with E-state index in [2.05, 4.69) is 16.6 Å². The van der Waals surface area contributed by atoms with Crippen LogP contribution in [-0.4, -0.2) is 57.7 Å². The lowest BCUT2D eigenvalue weighted by Gasteiger charge is -2.42. The Balaban J connectivity index is 2.52. The predicted octanol–water partition coefficient (Wildman–Crippen LogP) is 7.82. The average Bonchev–Trinajstić information content (AvgIpc) is 3.13.